The van der Waals surface area contributed by atoms with Gasteiger partial charge >= 0.3 is 0 Å². The van der Waals surface area contributed by atoms with E-state index in [1.165, 1.54) is 24.0 Å². The maximum atomic E-state index is 11.3. The van der Waals surface area contributed by atoms with Gasteiger partial charge in [0.2, 0.25) is 0 Å². The zero-order valence-corrected chi connectivity index (χ0v) is 13.3. The summed E-state index contributed by atoms with van der Waals surface area (Å²) in [5, 5.41) is 4.82. The van der Waals surface area contributed by atoms with Crippen LogP contribution in [0.15, 0.2) is 39.5 Å². The lowest BCUT2D eigenvalue weighted by Gasteiger charge is -2.09. The first-order chi connectivity index (χ1) is 10.0. The highest BCUT2D eigenvalue weighted by molar-refractivity contribution is 7.99. The Balaban J connectivity index is 2.03. The average molecular weight is 304 g/mol. The second-order valence-electron chi connectivity index (χ2n) is 5.33. The van der Waals surface area contributed by atoms with E-state index in [2.05, 4.69) is 40.2 Å². The standard InChI is InChI=1S/C15H20N4OS/c1-10(2)7-16-8-12-6-11(3)14(18-9-12)21-15-17-5-4-13(20)19-15/h4-6,9-10,16H,7-8H2,1-3H3,(H,17,19,20). The molecule has 2 aromatic rings. The summed E-state index contributed by atoms with van der Waals surface area (Å²) in [4.78, 5) is 22.5. The molecule has 5 nitrogen and oxygen atoms in total. The van der Waals surface area contributed by atoms with Gasteiger partial charge < -0.3 is 10.3 Å². The molecule has 0 aromatic carbocycles. The van der Waals surface area contributed by atoms with Gasteiger partial charge in [0, 0.05) is 25.0 Å². The van der Waals surface area contributed by atoms with Crippen molar-refractivity contribution >= 4 is 11.8 Å². The molecule has 21 heavy (non-hydrogen) atoms. The number of nitrogens with zero attached hydrogens (tertiary/aromatic N) is 2. The van der Waals surface area contributed by atoms with E-state index in [9.17, 15) is 4.79 Å². The van der Waals surface area contributed by atoms with Crippen molar-refractivity contribution < 1.29 is 0 Å². The Kier molecular flexibility index (Phi) is 5.52. The van der Waals surface area contributed by atoms with E-state index in [1.54, 1.807) is 0 Å². The number of hydrogen-bond donors (Lipinski definition) is 2. The zero-order chi connectivity index (χ0) is 15.2. The molecule has 0 aliphatic carbocycles. The number of H-pyrrole nitrogens is 1. The Morgan fingerprint density at radius 1 is 1.38 bits per heavy atom. The fraction of sp³-hybridized carbons (Fsp3) is 0.400. The van der Waals surface area contributed by atoms with Gasteiger partial charge in [-0.1, -0.05) is 19.9 Å². The van der Waals surface area contributed by atoms with E-state index in [-0.39, 0.29) is 5.56 Å². The molecule has 0 aliphatic rings. The lowest BCUT2D eigenvalue weighted by atomic mass is 10.2. The van der Waals surface area contributed by atoms with Crippen molar-refractivity contribution in [3.63, 3.8) is 0 Å². The maximum Gasteiger partial charge on any atom is 0.251 e. The molecular formula is C15H20N4OS. The Hall–Kier alpha value is -1.66. The number of aryl methyl sites for hydroxylation is 1. The molecule has 112 valence electrons. The summed E-state index contributed by atoms with van der Waals surface area (Å²) in [7, 11) is 0. The third kappa shape index (κ3) is 4.99. The molecule has 0 unspecified atom stereocenters. The summed E-state index contributed by atoms with van der Waals surface area (Å²) >= 11 is 1.37. The molecule has 0 saturated heterocycles. The molecule has 0 saturated carbocycles. The van der Waals surface area contributed by atoms with Crippen LogP contribution in [0, 0.1) is 12.8 Å². The van der Waals surface area contributed by atoms with E-state index in [1.807, 2.05) is 13.1 Å². The van der Waals surface area contributed by atoms with Crippen LogP contribution in [-0.4, -0.2) is 21.5 Å². The van der Waals surface area contributed by atoms with Crippen LogP contribution in [0.1, 0.15) is 25.0 Å². The summed E-state index contributed by atoms with van der Waals surface area (Å²) in [5.74, 6) is 0.634. The minimum absolute atomic E-state index is 0.153. The fourth-order valence-electron chi connectivity index (χ4n) is 1.82. The van der Waals surface area contributed by atoms with Gasteiger partial charge in [-0.25, -0.2) is 9.97 Å². The van der Waals surface area contributed by atoms with Crippen LogP contribution in [0.2, 0.25) is 0 Å². The monoisotopic (exact) mass is 304 g/mol. The predicted molar refractivity (Wildman–Crippen MR) is 84.5 cm³/mol. The number of pyridine rings is 1. The zero-order valence-electron chi connectivity index (χ0n) is 12.5. The minimum atomic E-state index is -0.153. The first-order valence-corrected chi connectivity index (χ1v) is 7.75. The van der Waals surface area contributed by atoms with E-state index >= 15 is 0 Å². The number of aromatic nitrogens is 3. The summed E-state index contributed by atoms with van der Waals surface area (Å²) in [6.45, 7) is 8.19. The van der Waals surface area contributed by atoms with Gasteiger partial charge in [-0.15, -0.1) is 0 Å². The summed E-state index contributed by atoms with van der Waals surface area (Å²) < 4.78 is 0. The normalized spacial score (nSPS) is 11.0. The van der Waals surface area contributed by atoms with Crippen LogP contribution in [0.25, 0.3) is 0 Å². The predicted octanol–water partition coefficient (Wildman–Crippen LogP) is 2.37. The van der Waals surface area contributed by atoms with E-state index in [4.69, 9.17) is 0 Å². The van der Waals surface area contributed by atoms with Crippen LogP contribution in [0.3, 0.4) is 0 Å². The summed E-state index contributed by atoms with van der Waals surface area (Å²) in [6.07, 6.45) is 3.37. The molecule has 2 heterocycles. The highest BCUT2D eigenvalue weighted by Gasteiger charge is 2.06. The van der Waals surface area contributed by atoms with Gasteiger partial charge in [0.05, 0.1) is 0 Å². The second-order valence-corrected chi connectivity index (χ2v) is 6.31. The van der Waals surface area contributed by atoms with E-state index in [0.717, 1.165) is 29.2 Å². The smallest absolute Gasteiger partial charge is 0.251 e. The number of hydrogen-bond acceptors (Lipinski definition) is 5. The van der Waals surface area contributed by atoms with Crippen molar-refractivity contribution in [3.8, 4) is 0 Å². The Morgan fingerprint density at radius 2 is 2.19 bits per heavy atom. The van der Waals surface area contributed by atoms with E-state index < -0.39 is 0 Å². The van der Waals surface area contributed by atoms with Crippen molar-refractivity contribution in [2.24, 2.45) is 5.92 Å². The Labute approximate surface area is 128 Å². The fourth-order valence-corrected chi connectivity index (χ4v) is 2.60. The quantitative estimate of drug-likeness (QED) is 0.802. The molecule has 6 heteroatoms. The molecule has 0 atom stereocenters. The van der Waals surface area contributed by atoms with Crippen LogP contribution >= 0.6 is 11.8 Å². The minimum Gasteiger partial charge on any atom is -0.312 e. The third-order valence-electron chi connectivity index (χ3n) is 2.81. The van der Waals surface area contributed by atoms with Gasteiger partial charge in [0.1, 0.15) is 5.03 Å². The van der Waals surface area contributed by atoms with Crippen LogP contribution < -0.4 is 10.9 Å². The molecule has 0 fully saturated rings. The van der Waals surface area contributed by atoms with Gasteiger partial charge in [0.15, 0.2) is 5.16 Å². The SMILES string of the molecule is Cc1cc(CNCC(C)C)cnc1Sc1nccc(=O)[nH]1. The molecule has 0 aliphatic heterocycles. The largest absolute Gasteiger partial charge is 0.312 e. The molecule has 0 bridgehead atoms. The molecule has 2 N–H and O–H groups in total. The van der Waals surface area contributed by atoms with Crippen LogP contribution in [-0.2, 0) is 6.54 Å². The van der Waals surface area contributed by atoms with Gasteiger partial charge in [-0.3, -0.25) is 4.79 Å². The first kappa shape index (κ1) is 15.7. The number of aromatic amines is 1. The highest BCUT2D eigenvalue weighted by atomic mass is 32.2. The lowest BCUT2D eigenvalue weighted by Crippen LogP contribution is -2.19. The van der Waals surface area contributed by atoms with Crippen molar-refractivity contribution in [2.75, 3.05) is 6.54 Å². The molecule has 0 spiro atoms. The van der Waals surface area contributed by atoms with Gasteiger partial charge in [-0.2, -0.15) is 0 Å². The van der Waals surface area contributed by atoms with Crippen molar-refractivity contribution in [1.82, 2.24) is 20.3 Å². The first-order valence-electron chi connectivity index (χ1n) is 6.94. The summed E-state index contributed by atoms with van der Waals surface area (Å²) in [6, 6.07) is 3.51. The lowest BCUT2D eigenvalue weighted by molar-refractivity contribution is 0.551. The van der Waals surface area contributed by atoms with Crippen LogP contribution in [0.4, 0.5) is 0 Å². The highest BCUT2D eigenvalue weighted by Crippen LogP contribution is 2.25. The summed E-state index contributed by atoms with van der Waals surface area (Å²) in [5.41, 5.74) is 2.09. The maximum absolute atomic E-state index is 11.3. The topological polar surface area (TPSA) is 70.7 Å². The Morgan fingerprint density at radius 3 is 2.86 bits per heavy atom. The molecule has 0 amide bonds. The van der Waals surface area contributed by atoms with E-state index in [0.29, 0.717) is 11.1 Å². The molecular weight excluding hydrogens is 284 g/mol. The molecule has 2 rings (SSSR count). The third-order valence-corrected chi connectivity index (χ3v) is 3.83. The number of nitrogens with one attached hydrogen (secondary N) is 2. The number of rotatable bonds is 6. The van der Waals surface area contributed by atoms with Gasteiger partial charge in [0.25, 0.3) is 5.56 Å². The average Bonchev–Trinajstić information content (AvgIpc) is 2.41. The van der Waals surface area contributed by atoms with Crippen molar-refractivity contribution in [3.05, 3.63) is 46.0 Å². The second kappa shape index (κ2) is 7.38. The molecule has 2 aromatic heterocycles. The van der Waals surface area contributed by atoms with Crippen molar-refractivity contribution in [2.45, 2.75) is 37.5 Å². The van der Waals surface area contributed by atoms with Crippen LogP contribution in [0.5, 0.6) is 0 Å². The van der Waals surface area contributed by atoms with Gasteiger partial charge in [-0.05, 0) is 42.3 Å². The van der Waals surface area contributed by atoms with Crippen molar-refractivity contribution in [1.29, 1.82) is 0 Å². The Bertz CT molecular complexity index is 654. The molecule has 0 radical (unpaired) electrons.